The molecule has 114 valence electrons. The van der Waals surface area contributed by atoms with Gasteiger partial charge in [-0.25, -0.2) is 0 Å². The Labute approximate surface area is 131 Å². The van der Waals surface area contributed by atoms with Crippen LogP contribution in [0.2, 0.25) is 0 Å². The number of hydrogen-bond donors (Lipinski definition) is 2. The van der Waals surface area contributed by atoms with Gasteiger partial charge < -0.3 is 10.6 Å². The number of thioether (sulfide) groups is 1. The maximum absolute atomic E-state index is 12.8. The number of anilines is 1. The van der Waals surface area contributed by atoms with Crippen molar-refractivity contribution in [1.29, 1.82) is 0 Å². The molecule has 1 fully saturated rings. The van der Waals surface area contributed by atoms with E-state index in [4.69, 9.17) is 0 Å². The first-order valence-electron chi connectivity index (χ1n) is 7.45. The van der Waals surface area contributed by atoms with E-state index in [2.05, 4.69) is 31.1 Å². The highest BCUT2D eigenvalue weighted by molar-refractivity contribution is 7.99. The normalized spacial score (nSPS) is 21.5. The quantitative estimate of drug-likeness (QED) is 0.624. The summed E-state index contributed by atoms with van der Waals surface area (Å²) in [5, 5.41) is 6.48. The SMILES string of the molecule is C=CCSc1ccccc1NC(=O)C1(C(C)C)CCNC1. The minimum Gasteiger partial charge on any atom is -0.325 e. The van der Waals surface area contributed by atoms with Gasteiger partial charge in [-0.3, -0.25) is 4.79 Å². The molecule has 1 amide bonds. The summed E-state index contributed by atoms with van der Waals surface area (Å²) in [5.74, 6) is 1.29. The highest BCUT2D eigenvalue weighted by Crippen LogP contribution is 2.36. The lowest BCUT2D eigenvalue weighted by atomic mass is 9.75. The van der Waals surface area contributed by atoms with Gasteiger partial charge in [0.25, 0.3) is 0 Å². The first-order chi connectivity index (χ1) is 10.1. The summed E-state index contributed by atoms with van der Waals surface area (Å²) in [4.78, 5) is 13.9. The maximum Gasteiger partial charge on any atom is 0.232 e. The highest BCUT2D eigenvalue weighted by Gasteiger charge is 2.43. The summed E-state index contributed by atoms with van der Waals surface area (Å²) in [5.41, 5.74) is 0.609. The molecule has 2 rings (SSSR count). The Morgan fingerprint density at radius 1 is 1.52 bits per heavy atom. The van der Waals surface area contributed by atoms with Gasteiger partial charge >= 0.3 is 0 Å². The fraction of sp³-hybridized carbons (Fsp3) is 0.471. The largest absolute Gasteiger partial charge is 0.325 e. The van der Waals surface area contributed by atoms with Crippen LogP contribution in [0.15, 0.2) is 41.8 Å². The van der Waals surface area contributed by atoms with E-state index in [0.717, 1.165) is 35.8 Å². The summed E-state index contributed by atoms with van der Waals surface area (Å²) < 4.78 is 0. The van der Waals surface area contributed by atoms with Crippen LogP contribution in [0.1, 0.15) is 20.3 Å². The molecule has 2 N–H and O–H groups in total. The molecule has 21 heavy (non-hydrogen) atoms. The van der Waals surface area contributed by atoms with Crippen molar-refractivity contribution in [3.8, 4) is 0 Å². The van der Waals surface area contributed by atoms with Crippen LogP contribution in [0.5, 0.6) is 0 Å². The Kier molecular flexibility index (Phi) is 5.48. The Bertz CT molecular complexity index is 507. The lowest BCUT2D eigenvalue weighted by Gasteiger charge is -2.31. The van der Waals surface area contributed by atoms with E-state index in [0.29, 0.717) is 5.92 Å². The zero-order valence-electron chi connectivity index (χ0n) is 12.8. The lowest BCUT2D eigenvalue weighted by molar-refractivity contribution is -0.126. The van der Waals surface area contributed by atoms with E-state index in [9.17, 15) is 4.79 Å². The molecule has 0 bridgehead atoms. The smallest absolute Gasteiger partial charge is 0.232 e. The third kappa shape index (κ3) is 3.50. The second-order valence-electron chi connectivity index (χ2n) is 5.79. The molecule has 3 nitrogen and oxygen atoms in total. The molecule has 1 aliphatic heterocycles. The van der Waals surface area contributed by atoms with Crippen molar-refractivity contribution in [3.63, 3.8) is 0 Å². The molecule has 1 saturated heterocycles. The molecule has 1 aromatic rings. The zero-order valence-corrected chi connectivity index (χ0v) is 13.6. The van der Waals surface area contributed by atoms with Crippen molar-refractivity contribution < 1.29 is 4.79 Å². The van der Waals surface area contributed by atoms with Crippen molar-refractivity contribution in [1.82, 2.24) is 5.32 Å². The molecule has 1 heterocycles. The van der Waals surface area contributed by atoms with Crippen molar-refractivity contribution in [2.45, 2.75) is 25.2 Å². The first-order valence-corrected chi connectivity index (χ1v) is 8.43. The van der Waals surface area contributed by atoms with E-state index in [-0.39, 0.29) is 11.3 Å². The Hall–Kier alpha value is -1.26. The molecule has 1 unspecified atom stereocenters. The monoisotopic (exact) mass is 304 g/mol. The summed E-state index contributed by atoms with van der Waals surface area (Å²) >= 11 is 1.69. The van der Waals surface area contributed by atoms with Crippen molar-refractivity contribution in [3.05, 3.63) is 36.9 Å². The molecule has 0 aromatic heterocycles. The van der Waals surface area contributed by atoms with Gasteiger partial charge in [0.2, 0.25) is 5.91 Å². The van der Waals surface area contributed by atoms with Crippen LogP contribution >= 0.6 is 11.8 Å². The lowest BCUT2D eigenvalue weighted by Crippen LogP contribution is -2.42. The Morgan fingerprint density at radius 2 is 2.29 bits per heavy atom. The van der Waals surface area contributed by atoms with E-state index >= 15 is 0 Å². The molecular formula is C17H24N2OS. The van der Waals surface area contributed by atoms with E-state index in [1.807, 2.05) is 30.3 Å². The van der Waals surface area contributed by atoms with Crippen LogP contribution in [0.25, 0.3) is 0 Å². The summed E-state index contributed by atoms with van der Waals surface area (Å²) in [7, 11) is 0. The van der Waals surface area contributed by atoms with Crippen LogP contribution in [-0.4, -0.2) is 24.7 Å². The highest BCUT2D eigenvalue weighted by atomic mass is 32.2. The molecule has 0 spiro atoms. The van der Waals surface area contributed by atoms with Gasteiger partial charge in [0.05, 0.1) is 11.1 Å². The fourth-order valence-corrected chi connectivity index (χ4v) is 3.50. The van der Waals surface area contributed by atoms with Crippen LogP contribution < -0.4 is 10.6 Å². The van der Waals surface area contributed by atoms with Crippen molar-refractivity contribution in [2.24, 2.45) is 11.3 Å². The van der Waals surface area contributed by atoms with Crippen LogP contribution in [0, 0.1) is 11.3 Å². The number of rotatable bonds is 6. The number of amides is 1. The summed E-state index contributed by atoms with van der Waals surface area (Å²) in [6, 6.07) is 7.97. The van der Waals surface area contributed by atoms with Gasteiger partial charge in [0, 0.05) is 17.2 Å². The van der Waals surface area contributed by atoms with Gasteiger partial charge in [-0.15, -0.1) is 18.3 Å². The fourth-order valence-electron chi connectivity index (χ4n) is 2.75. The van der Waals surface area contributed by atoms with Gasteiger partial charge in [-0.05, 0) is 31.0 Å². The predicted octanol–water partition coefficient (Wildman–Crippen LogP) is 3.54. The van der Waals surface area contributed by atoms with Crippen LogP contribution in [-0.2, 0) is 4.79 Å². The van der Waals surface area contributed by atoms with Gasteiger partial charge in [-0.2, -0.15) is 0 Å². The third-order valence-corrected chi connectivity index (χ3v) is 5.31. The molecule has 0 saturated carbocycles. The molecular weight excluding hydrogens is 280 g/mol. The number of carbonyl (C=O) groups is 1. The summed E-state index contributed by atoms with van der Waals surface area (Å²) in [6.45, 7) is 9.68. The Balaban J connectivity index is 2.17. The van der Waals surface area contributed by atoms with Crippen molar-refractivity contribution >= 4 is 23.4 Å². The molecule has 1 aromatic carbocycles. The van der Waals surface area contributed by atoms with E-state index in [1.54, 1.807) is 11.8 Å². The maximum atomic E-state index is 12.8. The molecule has 0 aliphatic carbocycles. The van der Waals surface area contributed by atoms with Crippen LogP contribution in [0.3, 0.4) is 0 Å². The zero-order chi connectivity index (χ0) is 15.3. The Morgan fingerprint density at radius 3 is 2.90 bits per heavy atom. The molecule has 4 heteroatoms. The van der Waals surface area contributed by atoms with E-state index < -0.39 is 0 Å². The molecule has 1 atom stereocenters. The third-order valence-electron chi connectivity index (χ3n) is 4.24. The van der Waals surface area contributed by atoms with E-state index in [1.165, 1.54) is 0 Å². The average Bonchev–Trinajstić information content (AvgIpc) is 2.97. The van der Waals surface area contributed by atoms with Gasteiger partial charge in [0.15, 0.2) is 0 Å². The predicted molar refractivity (Wildman–Crippen MR) is 90.8 cm³/mol. The number of para-hydroxylation sites is 1. The van der Waals surface area contributed by atoms with Crippen molar-refractivity contribution in [2.75, 3.05) is 24.2 Å². The molecule has 0 radical (unpaired) electrons. The van der Waals surface area contributed by atoms with Gasteiger partial charge in [-0.1, -0.05) is 32.1 Å². The summed E-state index contributed by atoms with van der Waals surface area (Å²) in [6.07, 6.45) is 2.78. The number of carbonyl (C=O) groups excluding carboxylic acids is 1. The minimum absolute atomic E-state index is 0.133. The second-order valence-corrected chi connectivity index (χ2v) is 6.85. The average molecular weight is 304 g/mol. The number of nitrogens with one attached hydrogen (secondary N) is 2. The first kappa shape index (κ1) is 16.1. The second kappa shape index (κ2) is 7.14. The van der Waals surface area contributed by atoms with Crippen LogP contribution in [0.4, 0.5) is 5.69 Å². The minimum atomic E-state index is -0.295. The molecule has 1 aliphatic rings. The number of hydrogen-bond acceptors (Lipinski definition) is 3. The standard InChI is InChI=1S/C17H24N2OS/c1-4-11-21-15-8-6-5-7-14(15)19-16(20)17(13(2)3)9-10-18-12-17/h4-8,13,18H,1,9-12H2,2-3H3,(H,19,20). The van der Waals surface area contributed by atoms with Gasteiger partial charge in [0.1, 0.15) is 0 Å². The number of benzene rings is 1. The topological polar surface area (TPSA) is 41.1 Å².